The normalized spacial score (nSPS) is 11.5. The van der Waals surface area contributed by atoms with Crippen LogP contribution in [0.2, 0.25) is 0 Å². The van der Waals surface area contributed by atoms with E-state index < -0.39 is 0 Å². The number of rotatable bonds is 6. The summed E-state index contributed by atoms with van der Waals surface area (Å²) in [6.07, 6.45) is 0. The third-order valence-corrected chi connectivity index (χ3v) is 10.6. The van der Waals surface area contributed by atoms with Gasteiger partial charge in [-0.15, -0.1) is 11.3 Å². The molecular weight excluding hydrogens is 613 g/mol. The molecule has 0 saturated heterocycles. The topological polar surface area (TPSA) is 6.48 Å². The molecule has 0 fully saturated rings. The van der Waals surface area contributed by atoms with Crippen LogP contribution in [-0.4, -0.2) is 0 Å². The molecule has 0 radical (unpaired) electrons. The molecule has 3 heteroatoms. The van der Waals surface area contributed by atoms with Gasteiger partial charge >= 0.3 is 0 Å². The molecule has 0 aliphatic carbocycles. The minimum atomic E-state index is 1.14. The molecule has 0 aliphatic rings. The van der Waals surface area contributed by atoms with E-state index in [1.807, 2.05) is 11.3 Å². The SMILES string of the molecule is Cc1cccc(N(c2ccccc2)c2ccc3c(ccc4sc5ccc6cc(N(c7ccccc7)c7cccc(C)c7)ccc6c5c43)c2)c1. The lowest BCUT2D eigenvalue weighted by Gasteiger charge is -2.26. The second-order valence-electron chi connectivity index (χ2n) is 12.8. The Hall–Kier alpha value is -5.90. The van der Waals surface area contributed by atoms with Gasteiger partial charge in [0.2, 0.25) is 0 Å². The van der Waals surface area contributed by atoms with Crippen LogP contribution in [-0.2, 0) is 0 Å². The van der Waals surface area contributed by atoms with Gasteiger partial charge in [0.05, 0.1) is 0 Å². The number of aryl methyl sites for hydroxylation is 2. The third-order valence-electron chi connectivity index (χ3n) is 9.47. The number of para-hydroxylation sites is 2. The average Bonchev–Trinajstić information content (AvgIpc) is 3.53. The van der Waals surface area contributed by atoms with E-state index in [1.54, 1.807) is 0 Å². The van der Waals surface area contributed by atoms with Gasteiger partial charge in [0.15, 0.2) is 0 Å². The standard InChI is InChI=1S/C46H34N2S/c1-31-11-9-17-37(27-31)47(35-13-5-3-6-14-35)39-21-23-41-33(29-39)19-25-43-45(41)46-42-24-22-40(30-34(42)20-26-44(46)49-43)48(36-15-7-4-8-16-36)38-18-10-12-32(2)28-38/h3-30H,1-2H3. The zero-order chi connectivity index (χ0) is 32.9. The van der Waals surface area contributed by atoms with E-state index in [-0.39, 0.29) is 0 Å². The Balaban J connectivity index is 1.22. The minimum absolute atomic E-state index is 1.14. The van der Waals surface area contributed by atoms with Crippen molar-refractivity contribution < 1.29 is 0 Å². The molecule has 234 valence electrons. The van der Waals surface area contributed by atoms with Crippen LogP contribution in [0.1, 0.15) is 11.1 Å². The molecule has 0 N–H and O–H groups in total. The van der Waals surface area contributed by atoms with Crippen molar-refractivity contribution in [2.75, 3.05) is 9.80 Å². The Labute approximate surface area is 290 Å². The molecule has 0 spiro atoms. The highest BCUT2D eigenvalue weighted by molar-refractivity contribution is 7.26. The zero-order valence-electron chi connectivity index (χ0n) is 27.5. The maximum absolute atomic E-state index is 2.35. The molecule has 0 aliphatic heterocycles. The van der Waals surface area contributed by atoms with Crippen LogP contribution < -0.4 is 9.80 Å². The van der Waals surface area contributed by atoms with Crippen LogP contribution in [0.25, 0.3) is 41.7 Å². The molecule has 0 saturated carbocycles. The Kier molecular flexibility index (Phi) is 7.14. The van der Waals surface area contributed by atoms with Gasteiger partial charge in [0, 0.05) is 54.3 Å². The van der Waals surface area contributed by atoms with Crippen molar-refractivity contribution in [3.8, 4) is 0 Å². The first-order chi connectivity index (χ1) is 24.1. The minimum Gasteiger partial charge on any atom is -0.310 e. The first kappa shape index (κ1) is 29.3. The van der Waals surface area contributed by atoms with E-state index >= 15 is 0 Å². The van der Waals surface area contributed by atoms with Gasteiger partial charge in [0.1, 0.15) is 0 Å². The van der Waals surface area contributed by atoms with E-state index in [0.717, 1.165) is 34.1 Å². The van der Waals surface area contributed by atoms with Crippen LogP contribution in [0.15, 0.2) is 170 Å². The summed E-state index contributed by atoms with van der Waals surface area (Å²) in [7, 11) is 0. The number of hydrogen-bond acceptors (Lipinski definition) is 3. The second kappa shape index (κ2) is 12.0. The molecule has 1 heterocycles. The van der Waals surface area contributed by atoms with Crippen LogP contribution in [0.5, 0.6) is 0 Å². The van der Waals surface area contributed by atoms with Gasteiger partial charge in [-0.05, 0) is 131 Å². The maximum Gasteiger partial charge on any atom is 0.0468 e. The molecule has 0 unspecified atom stereocenters. The van der Waals surface area contributed by atoms with Gasteiger partial charge in [0.25, 0.3) is 0 Å². The molecule has 0 bridgehead atoms. The molecule has 1 aromatic heterocycles. The predicted octanol–water partition coefficient (Wildman–Crippen LogP) is 13.9. The van der Waals surface area contributed by atoms with Crippen molar-refractivity contribution in [3.05, 3.63) is 181 Å². The molecule has 0 atom stereocenters. The van der Waals surface area contributed by atoms with Gasteiger partial charge in [-0.1, -0.05) is 84.9 Å². The summed E-state index contributed by atoms with van der Waals surface area (Å²) in [6.45, 7) is 4.31. The highest BCUT2D eigenvalue weighted by Crippen LogP contribution is 2.45. The third kappa shape index (κ3) is 5.20. The first-order valence-electron chi connectivity index (χ1n) is 16.8. The van der Waals surface area contributed by atoms with Crippen LogP contribution in [0.3, 0.4) is 0 Å². The van der Waals surface area contributed by atoms with Crippen molar-refractivity contribution in [1.29, 1.82) is 0 Å². The van der Waals surface area contributed by atoms with Crippen molar-refractivity contribution in [1.82, 2.24) is 0 Å². The van der Waals surface area contributed by atoms with Crippen molar-refractivity contribution >= 4 is 87.2 Å². The highest BCUT2D eigenvalue weighted by Gasteiger charge is 2.18. The molecule has 0 amide bonds. The summed E-state index contributed by atoms with van der Waals surface area (Å²) in [4.78, 5) is 4.71. The van der Waals surface area contributed by atoms with E-state index in [4.69, 9.17) is 0 Å². The van der Waals surface area contributed by atoms with E-state index in [9.17, 15) is 0 Å². The molecule has 9 aromatic rings. The number of nitrogens with zero attached hydrogens (tertiary/aromatic N) is 2. The fourth-order valence-corrected chi connectivity index (χ4v) is 8.40. The quantitative estimate of drug-likeness (QED) is 0.177. The monoisotopic (exact) mass is 646 g/mol. The van der Waals surface area contributed by atoms with E-state index in [0.29, 0.717) is 0 Å². The fraction of sp³-hybridized carbons (Fsp3) is 0.0435. The molecule has 2 nitrogen and oxygen atoms in total. The Bertz CT molecular complexity index is 2460. The fourth-order valence-electron chi connectivity index (χ4n) is 7.26. The van der Waals surface area contributed by atoms with Crippen LogP contribution >= 0.6 is 11.3 Å². The number of benzene rings is 8. The zero-order valence-corrected chi connectivity index (χ0v) is 28.3. The Morgan fingerprint density at radius 1 is 0.347 bits per heavy atom. The van der Waals surface area contributed by atoms with Crippen LogP contribution in [0.4, 0.5) is 34.1 Å². The summed E-state index contributed by atoms with van der Waals surface area (Å²) in [5.41, 5.74) is 9.38. The smallest absolute Gasteiger partial charge is 0.0468 e. The lowest BCUT2D eigenvalue weighted by atomic mass is 9.98. The number of hydrogen-bond donors (Lipinski definition) is 0. The summed E-state index contributed by atoms with van der Waals surface area (Å²) < 4.78 is 2.63. The van der Waals surface area contributed by atoms with Crippen LogP contribution in [0, 0.1) is 13.8 Å². The Morgan fingerprint density at radius 2 is 0.755 bits per heavy atom. The average molecular weight is 647 g/mol. The summed E-state index contributed by atoms with van der Waals surface area (Å²) in [5.74, 6) is 0. The first-order valence-corrected chi connectivity index (χ1v) is 17.6. The lowest BCUT2D eigenvalue weighted by molar-refractivity contribution is 1.28. The van der Waals surface area contributed by atoms with Crippen molar-refractivity contribution in [3.63, 3.8) is 0 Å². The highest BCUT2D eigenvalue weighted by atomic mass is 32.1. The van der Waals surface area contributed by atoms with E-state index in [1.165, 1.54) is 52.8 Å². The van der Waals surface area contributed by atoms with Crippen molar-refractivity contribution in [2.24, 2.45) is 0 Å². The van der Waals surface area contributed by atoms with Gasteiger partial charge in [-0.3, -0.25) is 0 Å². The number of fused-ring (bicyclic) bond motifs is 7. The predicted molar refractivity (Wildman–Crippen MR) is 213 cm³/mol. The lowest BCUT2D eigenvalue weighted by Crippen LogP contribution is -2.10. The number of anilines is 6. The largest absolute Gasteiger partial charge is 0.310 e. The summed E-state index contributed by atoms with van der Waals surface area (Å²) >= 11 is 1.88. The molecule has 8 aromatic carbocycles. The summed E-state index contributed by atoms with van der Waals surface area (Å²) in [6, 6.07) is 61.9. The van der Waals surface area contributed by atoms with Gasteiger partial charge in [-0.25, -0.2) is 0 Å². The maximum atomic E-state index is 2.35. The van der Waals surface area contributed by atoms with E-state index in [2.05, 4.69) is 194 Å². The van der Waals surface area contributed by atoms with Gasteiger partial charge < -0.3 is 9.80 Å². The molecular formula is C46H34N2S. The molecule has 49 heavy (non-hydrogen) atoms. The number of thiophene rings is 1. The van der Waals surface area contributed by atoms with Crippen molar-refractivity contribution in [2.45, 2.75) is 13.8 Å². The molecule has 9 rings (SSSR count). The van der Waals surface area contributed by atoms with Gasteiger partial charge in [-0.2, -0.15) is 0 Å². The second-order valence-corrected chi connectivity index (χ2v) is 13.9. The summed E-state index contributed by atoms with van der Waals surface area (Å²) in [5, 5.41) is 7.72. The Morgan fingerprint density at radius 3 is 1.18 bits per heavy atom.